The Morgan fingerprint density at radius 1 is 1.32 bits per heavy atom. The van der Waals surface area contributed by atoms with E-state index in [2.05, 4.69) is 19.2 Å². The highest BCUT2D eigenvalue weighted by Gasteiger charge is 2.12. The van der Waals surface area contributed by atoms with Crippen LogP contribution in [0.1, 0.15) is 31.9 Å². The molecule has 1 unspecified atom stereocenters. The van der Waals surface area contributed by atoms with Gasteiger partial charge in [-0.2, -0.15) is 0 Å². The molecule has 0 saturated heterocycles. The minimum atomic E-state index is -0.124. The van der Waals surface area contributed by atoms with Gasteiger partial charge in [-0.15, -0.1) is 0 Å². The van der Waals surface area contributed by atoms with Crippen molar-refractivity contribution in [3.63, 3.8) is 0 Å². The quantitative estimate of drug-likeness (QED) is 0.803. The van der Waals surface area contributed by atoms with E-state index in [4.69, 9.17) is 10.5 Å². The van der Waals surface area contributed by atoms with E-state index < -0.39 is 0 Å². The molecule has 0 saturated carbocycles. The topological polar surface area (TPSA) is 64.3 Å². The molecule has 0 aliphatic rings. The third kappa shape index (κ3) is 4.47. The zero-order valence-corrected chi connectivity index (χ0v) is 12.4. The molecule has 0 spiro atoms. The maximum absolute atomic E-state index is 11.7. The maximum Gasteiger partial charge on any atom is 0.258 e. The van der Waals surface area contributed by atoms with Crippen molar-refractivity contribution in [3.8, 4) is 5.75 Å². The predicted molar refractivity (Wildman–Crippen MR) is 78.3 cm³/mol. The first-order valence-corrected chi connectivity index (χ1v) is 6.60. The molecule has 106 valence electrons. The van der Waals surface area contributed by atoms with E-state index in [1.54, 1.807) is 0 Å². The number of nitrogen functional groups attached to an aromatic ring is 1. The summed E-state index contributed by atoms with van der Waals surface area (Å²) >= 11 is 0. The first-order chi connectivity index (χ1) is 8.81. The van der Waals surface area contributed by atoms with E-state index in [9.17, 15) is 4.79 Å². The Labute approximate surface area is 115 Å². The third-order valence-corrected chi connectivity index (χ3v) is 3.18. The van der Waals surface area contributed by atoms with E-state index in [-0.39, 0.29) is 18.6 Å². The molecule has 0 heterocycles. The highest BCUT2D eigenvalue weighted by Crippen LogP contribution is 2.27. The molecule has 19 heavy (non-hydrogen) atoms. The number of rotatable bonds is 5. The fourth-order valence-corrected chi connectivity index (χ4v) is 1.78. The average Bonchev–Trinajstić information content (AvgIpc) is 2.27. The minimum absolute atomic E-state index is 0.00877. The van der Waals surface area contributed by atoms with E-state index in [1.807, 2.05) is 32.9 Å². The summed E-state index contributed by atoms with van der Waals surface area (Å²) in [6.07, 6.45) is 0. The summed E-state index contributed by atoms with van der Waals surface area (Å²) in [6.45, 7) is 10.00. The number of carbonyl (C=O) groups excluding carboxylic acids is 1. The smallest absolute Gasteiger partial charge is 0.258 e. The number of aryl methyl sites for hydroxylation is 2. The molecule has 4 heteroatoms. The fraction of sp³-hybridized carbons (Fsp3) is 0.533. The monoisotopic (exact) mass is 264 g/mol. The zero-order chi connectivity index (χ0) is 14.6. The van der Waals surface area contributed by atoms with Gasteiger partial charge in [-0.3, -0.25) is 4.79 Å². The molecule has 4 nitrogen and oxygen atoms in total. The second-order valence-electron chi connectivity index (χ2n) is 5.39. The summed E-state index contributed by atoms with van der Waals surface area (Å²) in [5.41, 5.74) is 8.50. The number of hydrogen-bond acceptors (Lipinski definition) is 3. The summed E-state index contributed by atoms with van der Waals surface area (Å²) in [5.74, 6) is 0.869. The number of nitrogens with two attached hydrogens (primary N) is 1. The summed E-state index contributed by atoms with van der Waals surface area (Å²) in [5, 5.41) is 2.90. The molecule has 0 aromatic heterocycles. The zero-order valence-electron chi connectivity index (χ0n) is 12.4. The average molecular weight is 264 g/mol. The molecule has 0 aliphatic carbocycles. The number of benzene rings is 1. The number of ether oxygens (including phenoxy) is 1. The van der Waals surface area contributed by atoms with E-state index in [1.165, 1.54) is 0 Å². The number of nitrogens with one attached hydrogen (secondary N) is 1. The molecule has 1 aromatic carbocycles. The molecule has 0 aliphatic heterocycles. The van der Waals surface area contributed by atoms with Crippen molar-refractivity contribution in [1.82, 2.24) is 5.32 Å². The molecule has 0 fully saturated rings. The van der Waals surface area contributed by atoms with Gasteiger partial charge in [-0.25, -0.2) is 0 Å². The van der Waals surface area contributed by atoms with Gasteiger partial charge < -0.3 is 15.8 Å². The number of hydrogen-bond donors (Lipinski definition) is 2. The third-order valence-electron chi connectivity index (χ3n) is 3.18. The van der Waals surface area contributed by atoms with Crippen molar-refractivity contribution in [2.45, 2.75) is 40.7 Å². The Kier molecular flexibility index (Phi) is 5.21. The molecular formula is C15H24N2O2. The van der Waals surface area contributed by atoms with Crippen LogP contribution in [0.4, 0.5) is 5.69 Å². The fourth-order valence-electron chi connectivity index (χ4n) is 1.78. The second-order valence-corrected chi connectivity index (χ2v) is 5.39. The Morgan fingerprint density at radius 3 is 2.47 bits per heavy atom. The predicted octanol–water partition coefficient (Wildman–Crippen LogP) is 2.43. The standard InChI is InChI=1S/C15H24N2O2/c1-9(2)12(5)17-14(18)8-19-15-11(4)6-10(3)7-13(15)16/h6-7,9,12H,8,16H2,1-5H3,(H,17,18). The Hall–Kier alpha value is -1.71. The lowest BCUT2D eigenvalue weighted by Crippen LogP contribution is -2.39. The number of amides is 1. The molecule has 1 atom stereocenters. The van der Waals surface area contributed by atoms with Crippen molar-refractivity contribution >= 4 is 11.6 Å². The van der Waals surface area contributed by atoms with Crippen molar-refractivity contribution in [3.05, 3.63) is 23.3 Å². The van der Waals surface area contributed by atoms with Gasteiger partial charge in [0.05, 0.1) is 5.69 Å². The molecule has 3 N–H and O–H groups in total. The molecule has 0 bridgehead atoms. The van der Waals surface area contributed by atoms with Gasteiger partial charge in [0, 0.05) is 6.04 Å². The van der Waals surface area contributed by atoms with E-state index in [0.717, 1.165) is 11.1 Å². The molecule has 1 amide bonds. The lowest BCUT2D eigenvalue weighted by Gasteiger charge is -2.18. The van der Waals surface area contributed by atoms with Gasteiger partial charge in [0.25, 0.3) is 5.91 Å². The molecular weight excluding hydrogens is 240 g/mol. The van der Waals surface area contributed by atoms with Crippen LogP contribution in [-0.4, -0.2) is 18.6 Å². The van der Waals surface area contributed by atoms with Crippen LogP contribution < -0.4 is 15.8 Å². The lowest BCUT2D eigenvalue weighted by molar-refractivity contribution is -0.123. The second kappa shape index (κ2) is 6.45. The Bertz CT molecular complexity index is 432. The normalized spacial score (nSPS) is 12.3. The first kappa shape index (κ1) is 15.3. The summed E-state index contributed by atoms with van der Waals surface area (Å²) in [4.78, 5) is 11.7. The largest absolute Gasteiger partial charge is 0.481 e. The van der Waals surface area contributed by atoms with Gasteiger partial charge in [0.15, 0.2) is 6.61 Å². The Morgan fingerprint density at radius 2 is 1.95 bits per heavy atom. The maximum atomic E-state index is 11.7. The van der Waals surface area contributed by atoms with E-state index in [0.29, 0.717) is 17.4 Å². The minimum Gasteiger partial charge on any atom is -0.481 e. The van der Waals surface area contributed by atoms with Crippen LogP contribution in [0.3, 0.4) is 0 Å². The highest BCUT2D eigenvalue weighted by atomic mass is 16.5. The Balaban J connectivity index is 2.60. The molecule has 1 aromatic rings. The van der Waals surface area contributed by atoms with Gasteiger partial charge >= 0.3 is 0 Å². The van der Waals surface area contributed by atoms with Crippen LogP contribution in [0.5, 0.6) is 5.75 Å². The molecule has 1 rings (SSSR count). The van der Waals surface area contributed by atoms with Gasteiger partial charge in [-0.1, -0.05) is 19.9 Å². The summed E-state index contributed by atoms with van der Waals surface area (Å²) < 4.78 is 5.53. The van der Waals surface area contributed by atoms with Gasteiger partial charge in [0.2, 0.25) is 0 Å². The van der Waals surface area contributed by atoms with Gasteiger partial charge in [-0.05, 0) is 43.9 Å². The van der Waals surface area contributed by atoms with Crippen LogP contribution in [0.25, 0.3) is 0 Å². The van der Waals surface area contributed by atoms with Crippen LogP contribution in [0.2, 0.25) is 0 Å². The van der Waals surface area contributed by atoms with Crippen LogP contribution >= 0.6 is 0 Å². The van der Waals surface area contributed by atoms with Crippen molar-refractivity contribution in [2.24, 2.45) is 5.92 Å². The SMILES string of the molecule is Cc1cc(C)c(OCC(=O)NC(C)C(C)C)c(N)c1. The van der Waals surface area contributed by atoms with Crippen molar-refractivity contribution < 1.29 is 9.53 Å². The van der Waals surface area contributed by atoms with Gasteiger partial charge in [0.1, 0.15) is 5.75 Å². The lowest BCUT2D eigenvalue weighted by atomic mass is 10.1. The van der Waals surface area contributed by atoms with Crippen molar-refractivity contribution in [2.75, 3.05) is 12.3 Å². The van der Waals surface area contributed by atoms with Crippen LogP contribution in [0.15, 0.2) is 12.1 Å². The first-order valence-electron chi connectivity index (χ1n) is 6.60. The highest BCUT2D eigenvalue weighted by molar-refractivity contribution is 5.78. The molecule has 0 radical (unpaired) electrons. The summed E-state index contributed by atoms with van der Waals surface area (Å²) in [7, 11) is 0. The van der Waals surface area contributed by atoms with Crippen molar-refractivity contribution in [1.29, 1.82) is 0 Å². The number of carbonyl (C=O) groups is 1. The number of anilines is 1. The summed E-state index contributed by atoms with van der Waals surface area (Å²) in [6, 6.07) is 3.96. The van der Waals surface area contributed by atoms with E-state index >= 15 is 0 Å². The van der Waals surface area contributed by atoms with Crippen LogP contribution in [-0.2, 0) is 4.79 Å². The van der Waals surface area contributed by atoms with Crippen LogP contribution in [0, 0.1) is 19.8 Å².